The molecule has 26 heavy (non-hydrogen) atoms. The Morgan fingerprint density at radius 1 is 1.31 bits per heavy atom. The minimum atomic E-state index is -1.23. The Morgan fingerprint density at radius 3 is 2.85 bits per heavy atom. The maximum absolute atomic E-state index is 12.2. The van der Waals surface area contributed by atoms with Crippen molar-refractivity contribution >= 4 is 6.03 Å². The van der Waals surface area contributed by atoms with Crippen molar-refractivity contribution in [2.45, 2.75) is 38.0 Å². The molecule has 1 saturated heterocycles. The summed E-state index contributed by atoms with van der Waals surface area (Å²) in [4.78, 5) is 14.6. The van der Waals surface area contributed by atoms with E-state index < -0.39 is 5.60 Å². The van der Waals surface area contributed by atoms with Crippen molar-refractivity contribution in [1.29, 1.82) is 0 Å². The zero-order valence-electron chi connectivity index (χ0n) is 15.1. The first-order valence-corrected chi connectivity index (χ1v) is 9.10. The highest BCUT2D eigenvalue weighted by molar-refractivity contribution is 5.74. The fourth-order valence-corrected chi connectivity index (χ4v) is 3.32. The van der Waals surface area contributed by atoms with E-state index in [1.165, 1.54) is 11.8 Å². The van der Waals surface area contributed by atoms with E-state index in [0.717, 1.165) is 32.5 Å². The number of piperidine rings is 1. The first-order chi connectivity index (χ1) is 12.5. The number of carbonyl (C=O) groups is 1. The topological polar surface area (TPSA) is 77.7 Å². The monoisotopic (exact) mass is 357 g/mol. The summed E-state index contributed by atoms with van der Waals surface area (Å²) >= 11 is 0. The fourth-order valence-electron chi connectivity index (χ4n) is 3.32. The lowest BCUT2D eigenvalue weighted by atomic mass is 10.0. The number of amides is 2. The summed E-state index contributed by atoms with van der Waals surface area (Å²) in [5.74, 6) is 0.435. The average molecular weight is 357 g/mol. The molecule has 2 heterocycles. The molecule has 0 radical (unpaired) electrons. The van der Waals surface area contributed by atoms with Gasteiger partial charge in [0.15, 0.2) is 0 Å². The van der Waals surface area contributed by atoms with Gasteiger partial charge in [0.05, 0.1) is 12.8 Å². The second-order valence-electron chi connectivity index (χ2n) is 7.14. The van der Waals surface area contributed by atoms with Gasteiger partial charge in [-0.2, -0.15) is 0 Å². The van der Waals surface area contributed by atoms with Crippen molar-refractivity contribution in [2.75, 3.05) is 19.6 Å². The van der Waals surface area contributed by atoms with Crippen LogP contribution in [0.25, 0.3) is 0 Å². The fraction of sp³-hybridized carbons (Fsp3) is 0.450. The molecule has 0 aliphatic carbocycles. The van der Waals surface area contributed by atoms with Gasteiger partial charge >= 0.3 is 6.03 Å². The number of nitrogens with one attached hydrogen (secondary N) is 2. The lowest BCUT2D eigenvalue weighted by molar-refractivity contribution is 0.0365. The molecule has 6 nitrogen and oxygen atoms in total. The summed E-state index contributed by atoms with van der Waals surface area (Å²) in [5.41, 5.74) is 0.0549. The van der Waals surface area contributed by atoms with Crippen molar-refractivity contribution < 1.29 is 14.3 Å². The summed E-state index contributed by atoms with van der Waals surface area (Å²) in [6, 6.07) is 13.6. The summed E-state index contributed by atoms with van der Waals surface area (Å²) < 4.78 is 5.22. The van der Waals surface area contributed by atoms with Crippen LogP contribution in [0.15, 0.2) is 53.1 Å². The maximum Gasteiger partial charge on any atom is 0.315 e. The molecule has 3 N–H and O–H groups in total. The highest BCUT2D eigenvalue weighted by atomic mass is 16.4. The molecule has 2 atom stereocenters. The van der Waals surface area contributed by atoms with Crippen molar-refractivity contribution in [3.8, 4) is 0 Å². The van der Waals surface area contributed by atoms with E-state index in [4.69, 9.17) is 4.42 Å². The highest BCUT2D eigenvalue weighted by Gasteiger charge is 2.27. The normalized spacial score (nSPS) is 20.3. The van der Waals surface area contributed by atoms with Crippen LogP contribution < -0.4 is 10.6 Å². The molecule has 1 aliphatic heterocycles. The largest absolute Gasteiger partial charge is 0.466 e. The van der Waals surface area contributed by atoms with Gasteiger partial charge in [-0.1, -0.05) is 30.3 Å². The molecule has 140 valence electrons. The predicted octanol–water partition coefficient (Wildman–Crippen LogP) is 2.45. The second-order valence-corrected chi connectivity index (χ2v) is 7.14. The number of benzene rings is 1. The van der Waals surface area contributed by atoms with E-state index in [2.05, 4.69) is 27.7 Å². The van der Waals surface area contributed by atoms with Crippen LogP contribution in [0.4, 0.5) is 4.79 Å². The molecule has 1 aliphatic rings. The van der Waals surface area contributed by atoms with Gasteiger partial charge in [0.25, 0.3) is 0 Å². The van der Waals surface area contributed by atoms with Crippen LogP contribution in [0, 0.1) is 0 Å². The Hall–Kier alpha value is -2.31. The minimum Gasteiger partial charge on any atom is -0.466 e. The third-order valence-corrected chi connectivity index (χ3v) is 4.73. The van der Waals surface area contributed by atoms with Gasteiger partial charge in [0.1, 0.15) is 11.4 Å². The zero-order chi connectivity index (χ0) is 18.4. The molecule has 2 aromatic rings. The molecular weight excluding hydrogens is 330 g/mol. The van der Waals surface area contributed by atoms with Crippen LogP contribution in [-0.4, -0.2) is 41.7 Å². The predicted molar refractivity (Wildman–Crippen MR) is 99.6 cm³/mol. The van der Waals surface area contributed by atoms with Crippen molar-refractivity contribution in [3.63, 3.8) is 0 Å². The van der Waals surface area contributed by atoms with Crippen LogP contribution >= 0.6 is 0 Å². The van der Waals surface area contributed by atoms with Crippen LogP contribution in [0.3, 0.4) is 0 Å². The minimum absolute atomic E-state index is 0.0901. The Kier molecular flexibility index (Phi) is 5.96. The van der Waals surface area contributed by atoms with Gasteiger partial charge in [-0.3, -0.25) is 4.90 Å². The van der Waals surface area contributed by atoms with Gasteiger partial charge in [0, 0.05) is 19.1 Å². The highest BCUT2D eigenvalue weighted by Crippen LogP contribution is 2.19. The Morgan fingerprint density at radius 2 is 2.12 bits per heavy atom. The number of urea groups is 1. The second kappa shape index (κ2) is 8.38. The Bertz CT molecular complexity index is 686. The van der Waals surface area contributed by atoms with E-state index in [1.807, 2.05) is 18.2 Å². The van der Waals surface area contributed by atoms with Gasteiger partial charge in [0.2, 0.25) is 0 Å². The van der Waals surface area contributed by atoms with Crippen molar-refractivity contribution in [3.05, 3.63) is 60.1 Å². The smallest absolute Gasteiger partial charge is 0.315 e. The number of likely N-dealkylation sites (tertiary alicyclic amines) is 1. The van der Waals surface area contributed by atoms with Gasteiger partial charge in [-0.25, -0.2) is 4.79 Å². The number of hydrogen-bond acceptors (Lipinski definition) is 4. The first-order valence-electron chi connectivity index (χ1n) is 9.10. The molecule has 0 spiro atoms. The molecule has 0 saturated carbocycles. The Labute approximate surface area is 154 Å². The molecule has 6 heteroatoms. The van der Waals surface area contributed by atoms with E-state index in [0.29, 0.717) is 5.76 Å². The maximum atomic E-state index is 12.2. The summed E-state index contributed by atoms with van der Waals surface area (Å²) in [5, 5.41) is 16.2. The number of aliphatic hydroxyl groups is 1. The third kappa shape index (κ3) is 5.09. The van der Waals surface area contributed by atoms with Crippen LogP contribution in [0.2, 0.25) is 0 Å². The molecule has 3 rings (SSSR count). The summed E-state index contributed by atoms with van der Waals surface area (Å²) in [6.07, 6.45) is 3.53. The molecule has 1 aromatic heterocycles. The van der Waals surface area contributed by atoms with Gasteiger partial charge < -0.3 is 20.2 Å². The number of hydrogen-bond donors (Lipinski definition) is 3. The average Bonchev–Trinajstić information content (AvgIpc) is 3.17. The van der Waals surface area contributed by atoms with Gasteiger partial charge in [-0.15, -0.1) is 0 Å². The molecular formula is C20H27N3O3. The van der Waals surface area contributed by atoms with E-state index >= 15 is 0 Å². The number of rotatable bonds is 6. The molecule has 2 unspecified atom stereocenters. The van der Waals surface area contributed by atoms with E-state index in [1.54, 1.807) is 19.1 Å². The molecule has 2 amide bonds. The summed E-state index contributed by atoms with van der Waals surface area (Å²) in [7, 11) is 0. The zero-order valence-corrected chi connectivity index (χ0v) is 15.1. The Balaban J connectivity index is 1.45. The standard InChI is InChI=1S/C20H27N3O3/c1-20(25,18-10-6-12-26-18)15-21-19(24)22-17-9-5-11-23(14-17)13-16-7-3-2-4-8-16/h2-4,6-8,10,12,17,25H,5,9,11,13-15H2,1H3,(H2,21,22,24). The molecule has 0 bridgehead atoms. The van der Waals surface area contributed by atoms with Gasteiger partial charge in [-0.05, 0) is 44.0 Å². The molecule has 1 aromatic carbocycles. The van der Waals surface area contributed by atoms with Crippen LogP contribution in [0.1, 0.15) is 31.1 Å². The van der Waals surface area contributed by atoms with Crippen LogP contribution in [-0.2, 0) is 12.1 Å². The quantitative estimate of drug-likeness (QED) is 0.742. The van der Waals surface area contributed by atoms with E-state index in [-0.39, 0.29) is 18.6 Å². The lowest BCUT2D eigenvalue weighted by Crippen LogP contribution is -2.51. The number of furan rings is 1. The first kappa shape index (κ1) is 18.5. The van der Waals surface area contributed by atoms with Crippen LogP contribution in [0.5, 0.6) is 0 Å². The summed E-state index contributed by atoms with van der Waals surface area (Å²) in [6.45, 7) is 4.48. The lowest BCUT2D eigenvalue weighted by Gasteiger charge is -2.33. The SMILES string of the molecule is CC(O)(CNC(=O)NC1CCCN(Cc2ccccc2)C1)c1ccco1. The van der Waals surface area contributed by atoms with E-state index in [9.17, 15) is 9.90 Å². The number of nitrogens with zero attached hydrogens (tertiary/aromatic N) is 1. The van der Waals surface area contributed by atoms with Crippen molar-refractivity contribution in [2.24, 2.45) is 0 Å². The third-order valence-electron chi connectivity index (χ3n) is 4.73. The number of carbonyl (C=O) groups excluding carboxylic acids is 1. The van der Waals surface area contributed by atoms with Crippen molar-refractivity contribution in [1.82, 2.24) is 15.5 Å². The molecule has 1 fully saturated rings.